The van der Waals surface area contributed by atoms with Crippen LogP contribution < -0.4 is 29.6 Å². The summed E-state index contributed by atoms with van der Waals surface area (Å²) in [5, 5.41) is 8.70. The topological polar surface area (TPSA) is 63.6 Å². The number of thioether (sulfide) groups is 1. The van der Waals surface area contributed by atoms with Crippen LogP contribution in [-0.2, 0) is 14.3 Å². The third-order valence-corrected chi connectivity index (χ3v) is 2.71. The van der Waals surface area contributed by atoms with Crippen LogP contribution in [0.1, 0.15) is 8.35 Å². The minimum Gasteiger partial charge on any atom is -1.00 e. The molecule has 0 heterocycles. The number of carboxylic acids is 1. The fraction of sp³-hybridized carbons (Fsp3) is 0.750. The molecule has 0 fully saturated rings. The molecular weight excluding hydrogens is 247 g/mol. The molecule has 84 valence electrons. The maximum atomic E-state index is 11.2. The van der Waals surface area contributed by atoms with Crippen molar-refractivity contribution in [3.8, 4) is 0 Å². The number of carbonyl (C=O) groups is 2. The van der Waals surface area contributed by atoms with Gasteiger partial charge in [0.2, 0.25) is 6.10 Å². The molecule has 15 heavy (non-hydrogen) atoms. The Labute approximate surface area is 123 Å². The third-order valence-electron chi connectivity index (χ3n) is 1.53. The van der Waals surface area contributed by atoms with Gasteiger partial charge >= 0.3 is 41.5 Å². The van der Waals surface area contributed by atoms with Crippen molar-refractivity contribution >= 4 is 36.3 Å². The molecular formula is C8H15NaO4S2. The molecule has 1 unspecified atom stereocenters. The Bertz CT molecular complexity index is 218. The number of hydrogen-bond acceptors (Lipinski definition) is 5. The molecule has 0 amide bonds. The summed E-state index contributed by atoms with van der Waals surface area (Å²) >= 11 is 5.25. The van der Waals surface area contributed by atoms with E-state index in [9.17, 15) is 9.59 Å². The Kier molecular flexibility index (Phi) is 11.8. The first-order valence-corrected chi connectivity index (χ1v) is 6.08. The Morgan fingerprint density at radius 2 is 2.13 bits per heavy atom. The van der Waals surface area contributed by atoms with Crippen LogP contribution in [0.25, 0.3) is 0 Å². The van der Waals surface area contributed by atoms with Gasteiger partial charge in [-0.05, 0) is 6.26 Å². The first-order chi connectivity index (χ1) is 6.52. The second-order valence-electron chi connectivity index (χ2n) is 2.80. The minimum atomic E-state index is -1.11. The molecule has 0 aliphatic heterocycles. The predicted molar refractivity (Wildman–Crippen MR) is 60.0 cm³/mol. The van der Waals surface area contributed by atoms with Crippen molar-refractivity contribution in [3.05, 3.63) is 0 Å². The van der Waals surface area contributed by atoms with Crippen LogP contribution in [0.15, 0.2) is 0 Å². The number of hydrogen-bond donors (Lipinski definition) is 2. The quantitative estimate of drug-likeness (QED) is 0.330. The fourth-order valence-electron chi connectivity index (χ4n) is 0.638. The number of thiol groups is 1. The number of rotatable bonds is 6. The van der Waals surface area contributed by atoms with E-state index in [1.807, 2.05) is 0 Å². The van der Waals surface area contributed by atoms with Gasteiger partial charge in [-0.1, -0.05) is 6.92 Å². The minimum absolute atomic E-state index is 0. The molecule has 0 saturated heterocycles. The smallest absolute Gasteiger partial charge is 1.00 e. The molecule has 0 aromatic heterocycles. The molecule has 0 spiro atoms. The van der Waals surface area contributed by atoms with Crippen molar-refractivity contribution in [3.63, 3.8) is 0 Å². The SMILES string of the molecule is CSCC(OC(=O)[C@@H](C)CS)C(=O)O.[H-].[Na+]. The maximum absolute atomic E-state index is 11.2. The van der Waals surface area contributed by atoms with Gasteiger partial charge in [-0.15, -0.1) is 0 Å². The van der Waals surface area contributed by atoms with E-state index in [0.29, 0.717) is 5.75 Å². The fourth-order valence-corrected chi connectivity index (χ4v) is 1.30. The van der Waals surface area contributed by atoms with Gasteiger partial charge in [-0.3, -0.25) is 4.79 Å². The van der Waals surface area contributed by atoms with Gasteiger partial charge in [-0.2, -0.15) is 24.4 Å². The zero-order valence-electron chi connectivity index (χ0n) is 10.1. The molecule has 0 aromatic carbocycles. The number of carbonyl (C=O) groups excluding carboxylic acids is 1. The molecule has 0 radical (unpaired) electrons. The van der Waals surface area contributed by atoms with E-state index in [1.165, 1.54) is 11.8 Å². The van der Waals surface area contributed by atoms with Crippen molar-refractivity contribution in [1.82, 2.24) is 0 Å². The van der Waals surface area contributed by atoms with E-state index in [0.717, 1.165) is 0 Å². The van der Waals surface area contributed by atoms with Crippen LogP contribution >= 0.6 is 24.4 Å². The van der Waals surface area contributed by atoms with Gasteiger partial charge in [0.25, 0.3) is 0 Å². The zero-order chi connectivity index (χ0) is 11.1. The molecule has 1 N–H and O–H groups in total. The van der Waals surface area contributed by atoms with Gasteiger partial charge in [0, 0.05) is 11.5 Å². The summed E-state index contributed by atoms with van der Waals surface area (Å²) in [4.78, 5) is 21.8. The summed E-state index contributed by atoms with van der Waals surface area (Å²) in [5.41, 5.74) is 0. The van der Waals surface area contributed by atoms with Crippen molar-refractivity contribution in [2.45, 2.75) is 13.0 Å². The van der Waals surface area contributed by atoms with E-state index < -0.39 is 18.0 Å². The van der Waals surface area contributed by atoms with Crippen molar-refractivity contribution in [1.29, 1.82) is 0 Å². The van der Waals surface area contributed by atoms with Crippen molar-refractivity contribution in [2.75, 3.05) is 17.8 Å². The Morgan fingerprint density at radius 1 is 1.60 bits per heavy atom. The predicted octanol–water partition coefficient (Wildman–Crippen LogP) is -1.97. The average Bonchev–Trinajstić information content (AvgIpc) is 2.15. The third kappa shape index (κ3) is 7.52. The molecule has 7 heteroatoms. The van der Waals surface area contributed by atoms with E-state index in [1.54, 1.807) is 13.2 Å². The Hall–Kier alpha value is 0.640. The van der Waals surface area contributed by atoms with Crippen LogP contribution in [0.5, 0.6) is 0 Å². The summed E-state index contributed by atoms with van der Waals surface area (Å²) in [6.07, 6.45) is 0.700. The van der Waals surface area contributed by atoms with Crippen molar-refractivity contribution in [2.24, 2.45) is 5.92 Å². The molecule has 0 bridgehead atoms. The molecule has 2 atom stereocenters. The number of carboxylic acid groups (broad SMARTS) is 1. The largest absolute Gasteiger partial charge is 1.00 e. The monoisotopic (exact) mass is 262 g/mol. The Balaban J connectivity index is -0.000000845. The van der Waals surface area contributed by atoms with Crippen LogP contribution in [-0.4, -0.2) is 40.9 Å². The van der Waals surface area contributed by atoms with E-state index in [-0.39, 0.29) is 42.7 Å². The van der Waals surface area contributed by atoms with Crippen LogP contribution in [0.4, 0.5) is 0 Å². The summed E-state index contributed by atoms with van der Waals surface area (Å²) in [6, 6.07) is 0. The number of aliphatic carboxylic acids is 1. The van der Waals surface area contributed by atoms with Crippen LogP contribution in [0.2, 0.25) is 0 Å². The summed E-state index contributed by atoms with van der Waals surface area (Å²) < 4.78 is 4.80. The van der Waals surface area contributed by atoms with Gasteiger partial charge in [-0.25, -0.2) is 4.79 Å². The van der Waals surface area contributed by atoms with Gasteiger partial charge in [0.05, 0.1) is 5.92 Å². The molecule has 0 saturated carbocycles. The normalized spacial score (nSPS) is 13.5. The van der Waals surface area contributed by atoms with E-state index in [4.69, 9.17) is 9.84 Å². The number of ether oxygens (including phenoxy) is 1. The zero-order valence-corrected chi connectivity index (χ0v) is 12.8. The molecule has 4 nitrogen and oxygen atoms in total. The Morgan fingerprint density at radius 3 is 2.47 bits per heavy atom. The second-order valence-corrected chi connectivity index (χ2v) is 4.08. The van der Waals surface area contributed by atoms with Gasteiger partial charge in [0.15, 0.2) is 0 Å². The van der Waals surface area contributed by atoms with E-state index in [2.05, 4.69) is 12.6 Å². The summed E-state index contributed by atoms with van der Waals surface area (Å²) in [5.74, 6) is -1.38. The molecule has 0 rings (SSSR count). The van der Waals surface area contributed by atoms with Crippen LogP contribution in [0.3, 0.4) is 0 Å². The van der Waals surface area contributed by atoms with Crippen LogP contribution in [0, 0.1) is 5.92 Å². The van der Waals surface area contributed by atoms with Gasteiger partial charge in [0.1, 0.15) is 0 Å². The second kappa shape index (κ2) is 9.84. The standard InChI is InChI=1S/C8H14O4S2.Na.H/c1-5(3-13)8(11)12-6(4-14-2)7(9)10;;/h5-6,13H,3-4H2,1-2H3,(H,9,10);;/q;+1;-1/t5-,6?;;/m0../s1. The molecule has 0 aliphatic carbocycles. The first-order valence-electron chi connectivity index (χ1n) is 4.06. The maximum Gasteiger partial charge on any atom is 1.00 e. The summed E-state index contributed by atoms with van der Waals surface area (Å²) in [7, 11) is 0. The average molecular weight is 262 g/mol. The number of esters is 1. The summed E-state index contributed by atoms with van der Waals surface area (Å²) in [6.45, 7) is 1.65. The van der Waals surface area contributed by atoms with Crippen molar-refractivity contribution < 1.29 is 50.4 Å². The van der Waals surface area contributed by atoms with E-state index >= 15 is 0 Å². The molecule has 0 aromatic rings. The first kappa shape index (κ1) is 18.0. The van der Waals surface area contributed by atoms with Gasteiger partial charge < -0.3 is 11.3 Å². The molecule has 0 aliphatic rings.